The van der Waals surface area contributed by atoms with Gasteiger partial charge in [-0.1, -0.05) is 19.9 Å². The van der Waals surface area contributed by atoms with E-state index >= 15 is 0 Å². The molecule has 2 unspecified atom stereocenters. The van der Waals surface area contributed by atoms with E-state index in [0.717, 1.165) is 16.9 Å². The molecule has 0 saturated heterocycles. The van der Waals surface area contributed by atoms with E-state index in [9.17, 15) is 9.59 Å². The summed E-state index contributed by atoms with van der Waals surface area (Å²) in [5.41, 5.74) is 2.83. The number of nitrogens with zero attached hydrogens (tertiary/aromatic N) is 1. The SMILES string of the molecule is Cc1cc(OC(C)C(=O)NC(C)c2nc(C)c(C(=O)O)s2)ccc1C(C)C. The molecule has 2 aromatic rings. The molecule has 0 aliphatic heterocycles. The lowest BCUT2D eigenvalue weighted by atomic mass is 9.98. The van der Waals surface area contributed by atoms with Crippen molar-refractivity contribution >= 4 is 23.2 Å². The van der Waals surface area contributed by atoms with Crippen molar-refractivity contribution < 1.29 is 19.4 Å². The van der Waals surface area contributed by atoms with Crippen molar-refractivity contribution in [1.82, 2.24) is 10.3 Å². The predicted molar refractivity (Wildman–Crippen MR) is 106 cm³/mol. The van der Waals surface area contributed by atoms with Gasteiger partial charge in [0.05, 0.1) is 11.7 Å². The molecule has 1 heterocycles. The number of carbonyl (C=O) groups excluding carboxylic acids is 1. The van der Waals surface area contributed by atoms with Crippen molar-refractivity contribution in [1.29, 1.82) is 0 Å². The van der Waals surface area contributed by atoms with Crippen LogP contribution in [0.1, 0.15) is 71.2 Å². The lowest BCUT2D eigenvalue weighted by molar-refractivity contribution is -0.127. The summed E-state index contributed by atoms with van der Waals surface area (Å²) in [5, 5.41) is 12.5. The first kappa shape index (κ1) is 20.9. The lowest BCUT2D eigenvalue weighted by Crippen LogP contribution is -2.37. The van der Waals surface area contributed by atoms with Gasteiger partial charge in [0.1, 0.15) is 15.6 Å². The Morgan fingerprint density at radius 1 is 1.19 bits per heavy atom. The van der Waals surface area contributed by atoms with Crippen molar-refractivity contribution in [3.63, 3.8) is 0 Å². The van der Waals surface area contributed by atoms with Gasteiger partial charge in [-0.3, -0.25) is 4.79 Å². The Kier molecular flexibility index (Phi) is 6.59. The average molecular weight is 391 g/mol. The number of ether oxygens (including phenoxy) is 1. The third-order valence-electron chi connectivity index (χ3n) is 4.28. The van der Waals surface area contributed by atoms with Crippen LogP contribution >= 0.6 is 11.3 Å². The van der Waals surface area contributed by atoms with Crippen LogP contribution in [-0.2, 0) is 4.79 Å². The summed E-state index contributed by atoms with van der Waals surface area (Å²) < 4.78 is 5.77. The molecule has 2 rings (SSSR count). The molecule has 146 valence electrons. The third kappa shape index (κ3) is 5.07. The summed E-state index contributed by atoms with van der Waals surface area (Å²) in [5.74, 6) is -0.215. The number of aromatic carboxylic acids is 1. The number of aryl methyl sites for hydroxylation is 2. The minimum absolute atomic E-state index is 0.191. The van der Waals surface area contributed by atoms with Gasteiger partial charge in [-0.25, -0.2) is 9.78 Å². The maximum Gasteiger partial charge on any atom is 0.347 e. The van der Waals surface area contributed by atoms with Gasteiger partial charge in [-0.15, -0.1) is 11.3 Å². The van der Waals surface area contributed by atoms with Gasteiger partial charge in [-0.2, -0.15) is 0 Å². The van der Waals surface area contributed by atoms with Gasteiger partial charge >= 0.3 is 5.97 Å². The van der Waals surface area contributed by atoms with Crippen LogP contribution in [0, 0.1) is 13.8 Å². The molecule has 0 fully saturated rings. The molecule has 6 nitrogen and oxygen atoms in total. The Morgan fingerprint density at radius 3 is 2.37 bits per heavy atom. The number of carboxylic acids is 1. The van der Waals surface area contributed by atoms with Crippen LogP contribution in [-0.4, -0.2) is 28.1 Å². The van der Waals surface area contributed by atoms with E-state index in [1.165, 1.54) is 5.56 Å². The number of carboxylic acid groups (broad SMARTS) is 1. The van der Waals surface area contributed by atoms with Gasteiger partial charge in [0, 0.05) is 0 Å². The highest BCUT2D eigenvalue weighted by Gasteiger charge is 2.22. The van der Waals surface area contributed by atoms with Crippen LogP contribution in [0.25, 0.3) is 0 Å². The highest BCUT2D eigenvalue weighted by Crippen LogP contribution is 2.25. The largest absolute Gasteiger partial charge is 0.481 e. The number of nitrogens with one attached hydrogen (secondary N) is 1. The summed E-state index contributed by atoms with van der Waals surface area (Å²) in [6.45, 7) is 11.4. The van der Waals surface area contributed by atoms with Crippen LogP contribution in [0.15, 0.2) is 18.2 Å². The molecule has 1 amide bonds. The Balaban J connectivity index is 2.02. The first-order chi connectivity index (χ1) is 12.6. The monoisotopic (exact) mass is 390 g/mol. The zero-order valence-electron chi connectivity index (χ0n) is 16.5. The van der Waals surface area contributed by atoms with E-state index in [-0.39, 0.29) is 10.8 Å². The number of benzene rings is 1. The summed E-state index contributed by atoms with van der Waals surface area (Å²) in [4.78, 5) is 28.0. The van der Waals surface area contributed by atoms with Crippen LogP contribution < -0.4 is 10.1 Å². The highest BCUT2D eigenvalue weighted by atomic mass is 32.1. The highest BCUT2D eigenvalue weighted by molar-refractivity contribution is 7.13. The zero-order chi connectivity index (χ0) is 20.3. The fraction of sp³-hybridized carbons (Fsp3) is 0.450. The van der Waals surface area contributed by atoms with Crippen LogP contribution in [0.2, 0.25) is 0 Å². The van der Waals surface area contributed by atoms with E-state index in [1.807, 2.05) is 25.1 Å². The first-order valence-corrected chi connectivity index (χ1v) is 9.70. The van der Waals surface area contributed by atoms with Crippen LogP contribution in [0.5, 0.6) is 5.75 Å². The number of carbonyl (C=O) groups is 2. The topological polar surface area (TPSA) is 88.5 Å². The fourth-order valence-electron chi connectivity index (χ4n) is 2.82. The van der Waals surface area contributed by atoms with E-state index in [0.29, 0.717) is 22.4 Å². The second-order valence-electron chi connectivity index (χ2n) is 6.94. The Morgan fingerprint density at radius 2 is 1.85 bits per heavy atom. The Labute approximate surface area is 163 Å². The predicted octanol–water partition coefficient (Wildman–Crippen LogP) is 4.23. The quantitative estimate of drug-likeness (QED) is 0.739. The molecule has 7 heteroatoms. The van der Waals surface area contributed by atoms with Crippen molar-refractivity contribution in [3.05, 3.63) is 44.9 Å². The maximum atomic E-state index is 12.4. The van der Waals surface area contributed by atoms with E-state index in [2.05, 4.69) is 24.1 Å². The summed E-state index contributed by atoms with van der Waals surface area (Å²) >= 11 is 1.07. The van der Waals surface area contributed by atoms with Gasteiger partial charge in [0.2, 0.25) is 0 Å². The lowest BCUT2D eigenvalue weighted by Gasteiger charge is -2.18. The zero-order valence-corrected chi connectivity index (χ0v) is 17.3. The third-order valence-corrected chi connectivity index (χ3v) is 5.61. The summed E-state index contributed by atoms with van der Waals surface area (Å²) in [6.07, 6.45) is -0.684. The number of rotatable bonds is 7. The van der Waals surface area contributed by atoms with Crippen LogP contribution in [0.4, 0.5) is 0 Å². The maximum absolute atomic E-state index is 12.4. The summed E-state index contributed by atoms with van der Waals surface area (Å²) in [6, 6.07) is 5.43. The molecule has 27 heavy (non-hydrogen) atoms. The van der Waals surface area contributed by atoms with Crippen molar-refractivity contribution in [2.45, 2.75) is 59.6 Å². The number of thiazole rings is 1. The smallest absolute Gasteiger partial charge is 0.347 e. The molecular weight excluding hydrogens is 364 g/mol. The number of hydrogen-bond donors (Lipinski definition) is 2. The molecule has 2 atom stereocenters. The minimum atomic E-state index is -1.01. The van der Waals surface area contributed by atoms with Crippen molar-refractivity contribution in [2.75, 3.05) is 0 Å². The molecule has 1 aromatic heterocycles. The second-order valence-corrected chi connectivity index (χ2v) is 7.97. The molecule has 0 spiro atoms. The Hall–Kier alpha value is -2.41. The molecule has 1 aromatic carbocycles. The summed E-state index contributed by atoms with van der Waals surface area (Å²) in [7, 11) is 0. The van der Waals surface area contributed by atoms with E-state index in [1.54, 1.807) is 20.8 Å². The standard InChI is InChI=1S/C20H26N2O4S/c1-10(2)16-8-7-15(9-11(16)3)26-14(6)18(23)21-13(5)19-22-12(4)17(27-19)20(24)25/h7-10,13-14H,1-6H3,(H,21,23)(H,24,25). The minimum Gasteiger partial charge on any atom is -0.481 e. The molecule has 2 N–H and O–H groups in total. The molecular formula is C20H26N2O4S. The van der Waals surface area contributed by atoms with Gasteiger partial charge < -0.3 is 15.2 Å². The molecule has 0 radical (unpaired) electrons. The van der Waals surface area contributed by atoms with Crippen LogP contribution in [0.3, 0.4) is 0 Å². The average Bonchev–Trinajstić information content (AvgIpc) is 2.96. The molecule has 0 bridgehead atoms. The van der Waals surface area contributed by atoms with E-state index in [4.69, 9.17) is 9.84 Å². The van der Waals surface area contributed by atoms with Crippen molar-refractivity contribution in [2.24, 2.45) is 0 Å². The Bertz CT molecular complexity index is 845. The second kappa shape index (κ2) is 8.52. The molecule has 0 saturated carbocycles. The van der Waals surface area contributed by atoms with E-state index < -0.39 is 18.1 Å². The van der Waals surface area contributed by atoms with Gasteiger partial charge in [0.15, 0.2) is 6.10 Å². The normalized spacial score (nSPS) is 13.3. The van der Waals surface area contributed by atoms with Crippen molar-refractivity contribution in [3.8, 4) is 5.75 Å². The molecule has 0 aliphatic rings. The first-order valence-electron chi connectivity index (χ1n) is 8.88. The fourth-order valence-corrected chi connectivity index (χ4v) is 3.73. The van der Waals surface area contributed by atoms with Gasteiger partial charge in [0.25, 0.3) is 5.91 Å². The number of amides is 1. The van der Waals surface area contributed by atoms with Gasteiger partial charge in [-0.05, 0) is 56.9 Å². The molecule has 0 aliphatic carbocycles. The number of hydrogen-bond acceptors (Lipinski definition) is 5. The number of aromatic nitrogens is 1.